The van der Waals surface area contributed by atoms with E-state index in [2.05, 4.69) is 40.2 Å². The standard InChI is InChI=1S/C19H21BrN2O/c1-22(18(23)17(21)14-5-3-2-4-6-14)13-19(11-12-19)15-7-9-16(20)10-8-15/h2-10,17H,11-13,21H2,1H3. The van der Waals surface area contributed by atoms with Crippen molar-refractivity contribution in [2.24, 2.45) is 5.73 Å². The zero-order valence-corrected chi connectivity index (χ0v) is 14.8. The van der Waals surface area contributed by atoms with Gasteiger partial charge in [-0.3, -0.25) is 4.79 Å². The number of carbonyl (C=O) groups is 1. The second-order valence-corrected chi connectivity index (χ2v) is 7.29. The molecular weight excluding hydrogens is 352 g/mol. The van der Waals surface area contributed by atoms with E-state index in [0.29, 0.717) is 6.54 Å². The average Bonchev–Trinajstić information content (AvgIpc) is 3.35. The van der Waals surface area contributed by atoms with Gasteiger partial charge in [0.1, 0.15) is 6.04 Å². The number of carbonyl (C=O) groups excluding carboxylic acids is 1. The summed E-state index contributed by atoms with van der Waals surface area (Å²) >= 11 is 3.47. The van der Waals surface area contributed by atoms with Crippen molar-refractivity contribution >= 4 is 21.8 Å². The molecule has 2 aromatic carbocycles. The van der Waals surface area contributed by atoms with E-state index in [0.717, 1.165) is 22.9 Å². The summed E-state index contributed by atoms with van der Waals surface area (Å²) in [4.78, 5) is 14.4. The molecule has 3 nitrogen and oxygen atoms in total. The molecule has 0 heterocycles. The zero-order chi connectivity index (χ0) is 16.4. The molecule has 23 heavy (non-hydrogen) atoms. The van der Waals surface area contributed by atoms with Gasteiger partial charge in [0.25, 0.3) is 0 Å². The van der Waals surface area contributed by atoms with Gasteiger partial charge >= 0.3 is 0 Å². The Labute approximate surface area is 145 Å². The fourth-order valence-corrected chi connectivity index (χ4v) is 3.33. The number of hydrogen-bond donors (Lipinski definition) is 1. The van der Waals surface area contributed by atoms with Gasteiger partial charge in [-0.2, -0.15) is 0 Å². The van der Waals surface area contributed by atoms with Crippen molar-refractivity contribution in [3.63, 3.8) is 0 Å². The van der Waals surface area contributed by atoms with Gasteiger partial charge in [-0.05, 0) is 36.1 Å². The van der Waals surface area contributed by atoms with Crippen LogP contribution in [0.1, 0.15) is 30.0 Å². The highest BCUT2D eigenvalue weighted by molar-refractivity contribution is 9.10. The summed E-state index contributed by atoms with van der Waals surface area (Å²) in [5.41, 5.74) is 8.40. The smallest absolute Gasteiger partial charge is 0.243 e. The molecule has 0 radical (unpaired) electrons. The van der Waals surface area contributed by atoms with Crippen molar-refractivity contribution in [1.82, 2.24) is 4.90 Å². The van der Waals surface area contributed by atoms with Gasteiger partial charge in [-0.1, -0.05) is 58.4 Å². The highest BCUT2D eigenvalue weighted by atomic mass is 79.9. The Hall–Kier alpha value is -1.65. The number of hydrogen-bond acceptors (Lipinski definition) is 2. The van der Waals surface area contributed by atoms with Crippen LogP contribution < -0.4 is 5.73 Å². The summed E-state index contributed by atoms with van der Waals surface area (Å²) in [5.74, 6) is -0.0282. The molecule has 1 fully saturated rings. The van der Waals surface area contributed by atoms with E-state index in [9.17, 15) is 4.79 Å². The molecule has 1 atom stereocenters. The molecule has 2 aromatic rings. The third kappa shape index (κ3) is 3.48. The maximum Gasteiger partial charge on any atom is 0.243 e. The Morgan fingerprint density at radius 1 is 1.17 bits per heavy atom. The quantitative estimate of drug-likeness (QED) is 0.870. The Morgan fingerprint density at radius 3 is 2.35 bits per heavy atom. The molecule has 0 bridgehead atoms. The maximum absolute atomic E-state index is 12.6. The van der Waals surface area contributed by atoms with Crippen LogP contribution in [0.4, 0.5) is 0 Å². The van der Waals surface area contributed by atoms with E-state index in [4.69, 9.17) is 5.73 Å². The van der Waals surface area contributed by atoms with Crippen molar-refractivity contribution in [3.8, 4) is 0 Å². The molecule has 1 unspecified atom stereocenters. The number of nitrogens with two attached hydrogens (primary N) is 1. The molecule has 4 heteroatoms. The highest BCUT2D eigenvalue weighted by Crippen LogP contribution is 2.48. The lowest BCUT2D eigenvalue weighted by Crippen LogP contribution is -2.40. The summed E-state index contributed by atoms with van der Waals surface area (Å²) in [6.45, 7) is 0.716. The van der Waals surface area contributed by atoms with Crippen LogP contribution >= 0.6 is 15.9 Å². The summed E-state index contributed by atoms with van der Waals surface area (Å²) in [6.07, 6.45) is 2.24. The fourth-order valence-electron chi connectivity index (χ4n) is 3.06. The number of nitrogens with zero attached hydrogens (tertiary/aromatic N) is 1. The largest absolute Gasteiger partial charge is 0.343 e. The molecule has 0 aromatic heterocycles. The number of benzene rings is 2. The van der Waals surface area contributed by atoms with E-state index in [-0.39, 0.29) is 11.3 Å². The first kappa shape index (κ1) is 16.2. The van der Waals surface area contributed by atoms with Crippen molar-refractivity contribution in [3.05, 3.63) is 70.2 Å². The van der Waals surface area contributed by atoms with Gasteiger partial charge in [0.05, 0.1) is 0 Å². The van der Waals surface area contributed by atoms with Crippen molar-refractivity contribution in [2.75, 3.05) is 13.6 Å². The molecule has 1 aliphatic carbocycles. The van der Waals surface area contributed by atoms with E-state index >= 15 is 0 Å². The summed E-state index contributed by atoms with van der Waals surface area (Å²) in [6, 6.07) is 17.4. The summed E-state index contributed by atoms with van der Waals surface area (Å²) < 4.78 is 1.08. The maximum atomic E-state index is 12.6. The minimum Gasteiger partial charge on any atom is -0.343 e. The predicted molar refractivity (Wildman–Crippen MR) is 96.1 cm³/mol. The van der Waals surface area contributed by atoms with Crippen LogP contribution in [0, 0.1) is 0 Å². The molecule has 1 saturated carbocycles. The summed E-state index contributed by atoms with van der Waals surface area (Å²) in [5, 5.41) is 0. The van der Waals surface area contributed by atoms with E-state index in [1.807, 2.05) is 37.4 Å². The second-order valence-electron chi connectivity index (χ2n) is 6.37. The van der Waals surface area contributed by atoms with Crippen molar-refractivity contribution in [2.45, 2.75) is 24.3 Å². The van der Waals surface area contributed by atoms with Crippen LogP contribution in [0.2, 0.25) is 0 Å². The average molecular weight is 373 g/mol. The molecule has 0 spiro atoms. The lowest BCUT2D eigenvalue weighted by molar-refractivity contribution is -0.131. The van der Waals surface area contributed by atoms with Gasteiger partial charge in [0.15, 0.2) is 0 Å². The molecule has 120 valence electrons. The van der Waals surface area contributed by atoms with Gasteiger partial charge in [0, 0.05) is 23.5 Å². The molecule has 0 aliphatic heterocycles. The zero-order valence-electron chi connectivity index (χ0n) is 13.2. The van der Waals surface area contributed by atoms with Gasteiger partial charge < -0.3 is 10.6 Å². The molecule has 3 rings (SSSR count). The monoisotopic (exact) mass is 372 g/mol. The Kier molecular flexibility index (Phi) is 4.55. The van der Waals surface area contributed by atoms with Crippen molar-refractivity contribution in [1.29, 1.82) is 0 Å². The topological polar surface area (TPSA) is 46.3 Å². The van der Waals surface area contributed by atoms with E-state index < -0.39 is 6.04 Å². The highest BCUT2D eigenvalue weighted by Gasteiger charge is 2.45. The molecule has 2 N–H and O–H groups in total. The first-order valence-corrected chi connectivity index (χ1v) is 8.63. The minimum absolute atomic E-state index is 0.0282. The number of rotatable bonds is 5. The molecular formula is C19H21BrN2O. The summed E-state index contributed by atoms with van der Waals surface area (Å²) in [7, 11) is 1.85. The first-order chi connectivity index (χ1) is 11.0. The third-order valence-electron chi connectivity index (χ3n) is 4.65. The molecule has 0 saturated heterocycles. The van der Waals surface area contributed by atoms with E-state index in [1.165, 1.54) is 5.56 Å². The Morgan fingerprint density at radius 2 is 1.78 bits per heavy atom. The van der Waals surface area contributed by atoms with Crippen LogP contribution in [0.3, 0.4) is 0 Å². The third-order valence-corrected chi connectivity index (χ3v) is 5.18. The van der Waals surface area contributed by atoms with Gasteiger partial charge in [-0.15, -0.1) is 0 Å². The van der Waals surface area contributed by atoms with E-state index in [1.54, 1.807) is 4.90 Å². The van der Waals surface area contributed by atoms with Crippen LogP contribution in [-0.2, 0) is 10.2 Å². The predicted octanol–water partition coefficient (Wildman–Crippen LogP) is 3.64. The normalized spacial score (nSPS) is 16.7. The van der Waals surface area contributed by atoms with Crippen LogP contribution in [0.25, 0.3) is 0 Å². The Bertz CT molecular complexity index is 680. The molecule has 1 aliphatic rings. The Balaban J connectivity index is 1.70. The molecule has 1 amide bonds. The van der Waals surface area contributed by atoms with Gasteiger partial charge in [-0.25, -0.2) is 0 Å². The second kappa shape index (κ2) is 6.46. The SMILES string of the molecule is CN(CC1(c2ccc(Br)cc2)CC1)C(=O)C(N)c1ccccc1. The van der Waals surface area contributed by atoms with Crippen LogP contribution in [-0.4, -0.2) is 24.4 Å². The minimum atomic E-state index is -0.595. The fraction of sp³-hybridized carbons (Fsp3) is 0.316. The number of halogens is 1. The lowest BCUT2D eigenvalue weighted by atomic mass is 9.95. The number of likely N-dealkylation sites (N-methyl/N-ethyl adjacent to an activating group) is 1. The van der Waals surface area contributed by atoms with Crippen LogP contribution in [0.5, 0.6) is 0 Å². The first-order valence-electron chi connectivity index (χ1n) is 7.83. The van der Waals surface area contributed by atoms with Crippen LogP contribution in [0.15, 0.2) is 59.1 Å². The number of amides is 1. The lowest BCUT2D eigenvalue weighted by Gasteiger charge is -2.27. The van der Waals surface area contributed by atoms with Crippen molar-refractivity contribution < 1.29 is 4.79 Å². The van der Waals surface area contributed by atoms with Gasteiger partial charge in [0.2, 0.25) is 5.91 Å².